The molecule has 0 saturated carbocycles. The van der Waals surface area contributed by atoms with E-state index < -0.39 is 0 Å². The average Bonchev–Trinajstić information content (AvgIpc) is 2.89. The molecular formula is C17H13N3O2. The molecule has 0 atom stereocenters. The van der Waals surface area contributed by atoms with Gasteiger partial charge in [0.05, 0.1) is 11.1 Å². The number of aromatic hydroxyl groups is 1. The topological polar surface area (TPSA) is 81.8 Å². The molecule has 5 heteroatoms. The van der Waals surface area contributed by atoms with Crippen LogP contribution in [-0.4, -0.2) is 20.1 Å². The van der Waals surface area contributed by atoms with Crippen molar-refractivity contribution in [3.05, 3.63) is 58.6 Å². The lowest BCUT2D eigenvalue weighted by molar-refractivity contribution is 0.475. The molecule has 1 aromatic carbocycles. The van der Waals surface area contributed by atoms with Gasteiger partial charge >= 0.3 is 0 Å². The molecule has 0 spiro atoms. The Balaban J connectivity index is 2.21. The van der Waals surface area contributed by atoms with Gasteiger partial charge in [-0.1, -0.05) is 0 Å². The van der Waals surface area contributed by atoms with Crippen LogP contribution in [0.5, 0.6) is 5.75 Å². The Hall–Kier alpha value is -3.08. The summed E-state index contributed by atoms with van der Waals surface area (Å²) in [6, 6.07) is 8.58. The van der Waals surface area contributed by atoms with Gasteiger partial charge in [-0.3, -0.25) is 4.79 Å². The molecule has 3 N–H and O–H groups in total. The zero-order valence-corrected chi connectivity index (χ0v) is 11.8. The second-order valence-corrected chi connectivity index (χ2v) is 5.30. The summed E-state index contributed by atoms with van der Waals surface area (Å²) >= 11 is 0. The van der Waals surface area contributed by atoms with Gasteiger partial charge in [0.25, 0.3) is 5.56 Å². The molecule has 0 fully saturated rings. The number of pyridine rings is 2. The van der Waals surface area contributed by atoms with E-state index in [0.717, 1.165) is 27.5 Å². The summed E-state index contributed by atoms with van der Waals surface area (Å²) in [4.78, 5) is 22.9. The number of H-pyrrole nitrogens is 2. The minimum atomic E-state index is -0.171. The molecular weight excluding hydrogens is 278 g/mol. The van der Waals surface area contributed by atoms with Crippen molar-refractivity contribution in [1.82, 2.24) is 15.0 Å². The fourth-order valence-electron chi connectivity index (χ4n) is 2.85. The van der Waals surface area contributed by atoms with Gasteiger partial charge in [0.1, 0.15) is 11.4 Å². The van der Waals surface area contributed by atoms with Crippen LogP contribution in [0.15, 0.2) is 47.5 Å². The summed E-state index contributed by atoms with van der Waals surface area (Å²) in [5.41, 5.74) is 3.02. The normalized spacial score (nSPS) is 11.3. The number of hydrogen-bond acceptors (Lipinski definition) is 3. The summed E-state index contributed by atoms with van der Waals surface area (Å²) < 4.78 is 0. The predicted molar refractivity (Wildman–Crippen MR) is 86.1 cm³/mol. The summed E-state index contributed by atoms with van der Waals surface area (Å²) in [6.07, 6.45) is 3.54. The molecule has 3 aromatic heterocycles. The van der Waals surface area contributed by atoms with E-state index in [1.54, 1.807) is 30.5 Å². The molecule has 108 valence electrons. The predicted octanol–water partition coefficient (Wildman–Crippen LogP) is 3.09. The number of fused-ring (bicyclic) bond motifs is 3. The Labute approximate surface area is 125 Å². The third-order valence-electron chi connectivity index (χ3n) is 3.89. The fourth-order valence-corrected chi connectivity index (χ4v) is 2.85. The van der Waals surface area contributed by atoms with Crippen LogP contribution in [-0.2, 0) is 0 Å². The fraction of sp³-hybridized carbons (Fsp3) is 0.0588. The van der Waals surface area contributed by atoms with Crippen molar-refractivity contribution in [3.8, 4) is 17.0 Å². The largest absolute Gasteiger partial charge is 0.508 e. The molecule has 0 aliphatic heterocycles. The minimum Gasteiger partial charge on any atom is -0.508 e. The molecule has 0 aliphatic carbocycles. The first-order valence-electron chi connectivity index (χ1n) is 6.93. The van der Waals surface area contributed by atoms with Crippen LogP contribution in [0.3, 0.4) is 0 Å². The van der Waals surface area contributed by atoms with E-state index in [1.165, 1.54) is 0 Å². The Morgan fingerprint density at radius 2 is 1.82 bits per heavy atom. The summed E-state index contributed by atoms with van der Waals surface area (Å²) in [5, 5.41) is 11.8. The summed E-state index contributed by atoms with van der Waals surface area (Å²) in [7, 11) is 0. The number of nitrogens with zero attached hydrogens (tertiary/aromatic N) is 1. The molecule has 4 aromatic rings. The number of nitrogens with one attached hydrogen (secondary N) is 2. The number of hydrogen-bond donors (Lipinski definition) is 3. The van der Waals surface area contributed by atoms with E-state index in [2.05, 4.69) is 15.0 Å². The van der Waals surface area contributed by atoms with Crippen LogP contribution in [0.4, 0.5) is 0 Å². The van der Waals surface area contributed by atoms with Gasteiger partial charge in [-0.05, 0) is 42.8 Å². The quantitative estimate of drug-likeness (QED) is 0.504. The van der Waals surface area contributed by atoms with Gasteiger partial charge in [-0.25, -0.2) is 4.98 Å². The lowest BCUT2D eigenvalue weighted by atomic mass is 10.0. The van der Waals surface area contributed by atoms with E-state index in [1.807, 2.05) is 19.2 Å². The van der Waals surface area contributed by atoms with Crippen molar-refractivity contribution in [3.63, 3.8) is 0 Å². The Bertz CT molecular complexity index is 1060. The highest BCUT2D eigenvalue weighted by Gasteiger charge is 2.15. The molecule has 0 saturated heterocycles. The number of rotatable bonds is 1. The van der Waals surface area contributed by atoms with Crippen molar-refractivity contribution in [2.75, 3.05) is 0 Å². The van der Waals surface area contributed by atoms with Gasteiger partial charge in [0, 0.05) is 28.7 Å². The van der Waals surface area contributed by atoms with Crippen LogP contribution in [0, 0.1) is 6.92 Å². The lowest BCUT2D eigenvalue weighted by Crippen LogP contribution is -2.07. The highest BCUT2D eigenvalue weighted by atomic mass is 16.3. The highest BCUT2D eigenvalue weighted by molar-refractivity contribution is 6.11. The molecule has 0 amide bonds. The molecule has 4 rings (SSSR count). The third-order valence-corrected chi connectivity index (χ3v) is 3.89. The van der Waals surface area contributed by atoms with E-state index in [0.29, 0.717) is 11.1 Å². The smallest absolute Gasteiger partial charge is 0.258 e. The van der Waals surface area contributed by atoms with E-state index >= 15 is 0 Å². The number of benzene rings is 1. The number of aromatic nitrogens is 3. The average molecular weight is 291 g/mol. The van der Waals surface area contributed by atoms with Crippen molar-refractivity contribution < 1.29 is 5.11 Å². The molecule has 0 aliphatic rings. The second kappa shape index (κ2) is 4.46. The molecule has 3 heterocycles. The van der Waals surface area contributed by atoms with Crippen molar-refractivity contribution in [1.29, 1.82) is 0 Å². The lowest BCUT2D eigenvalue weighted by Gasteiger charge is -2.07. The minimum absolute atomic E-state index is 0.171. The first-order valence-corrected chi connectivity index (χ1v) is 6.93. The Morgan fingerprint density at radius 1 is 1.05 bits per heavy atom. The number of aryl methyl sites for hydroxylation is 1. The molecule has 0 bridgehead atoms. The van der Waals surface area contributed by atoms with Crippen LogP contribution >= 0.6 is 0 Å². The van der Waals surface area contributed by atoms with Gasteiger partial charge < -0.3 is 15.1 Å². The van der Waals surface area contributed by atoms with Crippen LogP contribution in [0.1, 0.15) is 5.56 Å². The van der Waals surface area contributed by atoms with Gasteiger partial charge in [0.2, 0.25) is 0 Å². The monoisotopic (exact) mass is 291 g/mol. The van der Waals surface area contributed by atoms with E-state index in [4.69, 9.17) is 0 Å². The standard InChI is InChI=1S/C17H13N3O2/c1-9-8-19-16-13(9)12-6-7-18-17(22)14(12)15(20-16)10-2-4-11(21)5-3-10/h2-8,21H,1H3,(H,18,22)(H,19,20). The molecule has 5 nitrogen and oxygen atoms in total. The third kappa shape index (κ3) is 1.72. The molecule has 0 radical (unpaired) electrons. The molecule has 0 unspecified atom stereocenters. The maximum atomic E-state index is 12.4. The summed E-state index contributed by atoms with van der Waals surface area (Å²) in [5.74, 6) is 0.179. The number of phenolic OH excluding ortho intramolecular Hbond substituents is 1. The number of aromatic amines is 2. The zero-order chi connectivity index (χ0) is 15.3. The Kier molecular flexibility index (Phi) is 2.56. The van der Waals surface area contributed by atoms with Crippen LogP contribution in [0.2, 0.25) is 0 Å². The van der Waals surface area contributed by atoms with Gasteiger partial charge in [-0.15, -0.1) is 0 Å². The maximum Gasteiger partial charge on any atom is 0.258 e. The second-order valence-electron chi connectivity index (χ2n) is 5.30. The highest BCUT2D eigenvalue weighted by Crippen LogP contribution is 2.31. The first kappa shape index (κ1) is 12.6. The van der Waals surface area contributed by atoms with Crippen molar-refractivity contribution in [2.24, 2.45) is 0 Å². The van der Waals surface area contributed by atoms with Crippen molar-refractivity contribution in [2.45, 2.75) is 6.92 Å². The van der Waals surface area contributed by atoms with Crippen LogP contribution < -0.4 is 5.56 Å². The van der Waals surface area contributed by atoms with E-state index in [-0.39, 0.29) is 11.3 Å². The van der Waals surface area contributed by atoms with Crippen LogP contribution in [0.25, 0.3) is 33.1 Å². The molecule has 22 heavy (non-hydrogen) atoms. The van der Waals surface area contributed by atoms with E-state index in [9.17, 15) is 9.90 Å². The van der Waals surface area contributed by atoms with Gasteiger partial charge in [-0.2, -0.15) is 0 Å². The number of phenols is 1. The summed E-state index contributed by atoms with van der Waals surface area (Å²) in [6.45, 7) is 1.99. The first-order chi connectivity index (χ1) is 10.6. The maximum absolute atomic E-state index is 12.4. The van der Waals surface area contributed by atoms with Gasteiger partial charge in [0.15, 0.2) is 0 Å². The SMILES string of the molecule is Cc1c[nH]c2nc(-c3ccc(O)cc3)c3c(=O)[nH]ccc3c12. The zero-order valence-electron chi connectivity index (χ0n) is 11.8. The Morgan fingerprint density at radius 3 is 2.59 bits per heavy atom. The van der Waals surface area contributed by atoms with Crippen molar-refractivity contribution >= 4 is 21.8 Å².